The molecule has 0 saturated heterocycles. The molecular formula is C13H21IN6OS. The monoisotopic (exact) mass is 436 g/mol. The lowest BCUT2D eigenvalue weighted by molar-refractivity contribution is 0.374. The summed E-state index contributed by atoms with van der Waals surface area (Å²) in [5, 5.41) is 11.3. The number of aliphatic imine (C=N–C) groups is 1. The predicted octanol–water partition coefficient (Wildman–Crippen LogP) is 1.98. The van der Waals surface area contributed by atoms with Crippen LogP contribution < -0.4 is 10.6 Å². The highest BCUT2D eigenvalue weighted by Crippen LogP contribution is 2.15. The van der Waals surface area contributed by atoms with Crippen LogP contribution in [0.4, 0.5) is 0 Å². The highest BCUT2D eigenvalue weighted by Gasteiger charge is 2.06. The molecule has 0 fully saturated rings. The summed E-state index contributed by atoms with van der Waals surface area (Å²) < 4.78 is 5.06. The number of thiazole rings is 1. The van der Waals surface area contributed by atoms with E-state index >= 15 is 0 Å². The van der Waals surface area contributed by atoms with Crippen LogP contribution in [0.3, 0.4) is 0 Å². The number of rotatable bonds is 5. The van der Waals surface area contributed by atoms with Gasteiger partial charge in [-0.25, -0.2) is 4.98 Å². The van der Waals surface area contributed by atoms with Crippen LogP contribution in [0.1, 0.15) is 27.3 Å². The molecule has 0 aromatic carbocycles. The van der Waals surface area contributed by atoms with Crippen molar-refractivity contribution in [2.75, 3.05) is 13.6 Å². The van der Waals surface area contributed by atoms with Gasteiger partial charge in [-0.05, 0) is 20.8 Å². The molecule has 9 heteroatoms. The van der Waals surface area contributed by atoms with E-state index < -0.39 is 0 Å². The Balaban J connectivity index is 0.00000242. The second kappa shape index (κ2) is 9.03. The van der Waals surface area contributed by atoms with Crippen LogP contribution in [0.15, 0.2) is 9.52 Å². The standard InChI is InChI=1S/C13H20N6OS.HI/c1-8-9(2)21-12(17-8)7-16-13(14-4)15-6-5-11-18-10(3)19-20-11;/h5-7H2,1-4H3,(H2,14,15,16);1H. The van der Waals surface area contributed by atoms with Gasteiger partial charge in [0, 0.05) is 24.9 Å². The van der Waals surface area contributed by atoms with Crippen molar-refractivity contribution in [1.82, 2.24) is 25.8 Å². The van der Waals surface area contributed by atoms with Crippen LogP contribution in [0.5, 0.6) is 0 Å². The van der Waals surface area contributed by atoms with Crippen molar-refractivity contribution in [2.24, 2.45) is 4.99 Å². The van der Waals surface area contributed by atoms with E-state index in [0.29, 0.717) is 31.2 Å². The molecule has 0 amide bonds. The van der Waals surface area contributed by atoms with Crippen LogP contribution in [0.2, 0.25) is 0 Å². The van der Waals surface area contributed by atoms with Gasteiger partial charge in [0.25, 0.3) is 0 Å². The molecule has 0 aliphatic heterocycles. The summed E-state index contributed by atoms with van der Waals surface area (Å²) in [6, 6.07) is 0. The number of hydrogen-bond acceptors (Lipinski definition) is 6. The second-order valence-electron chi connectivity index (χ2n) is 4.59. The number of nitrogens with one attached hydrogen (secondary N) is 2. The molecule has 0 atom stereocenters. The second-order valence-corrected chi connectivity index (χ2v) is 5.87. The number of guanidine groups is 1. The molecule has 7 nitrogen and oxygen atoms in total. The lowest BCUT2D eigenvalue weighted by Gasteiger charge is -2.09. The fourth-order valence-corrected chi connectivity index (χ4v) is 2.60. The summed E-state index contributed by atoms with van der Waals surface area (Å²) in [6.07, 6.45) is 0.664. The smallest absolute Gasteiger partial charge is 0.228 e. The molecule has 0 spiro atoms. The van der Waals surface area contributed by atoms with E-state index in [4.69, 9.17) is 4.52 Å². The van der Waals surface area contributed by atoms with Crippen molar-refractivity contribution in [3.8, 4) is 0 Å². The zero-order valence-electron chi connectivity index (χ0n) is 13.1. The van der Waals surface area contributed by atoms with Gasteiger partial charge >= 0.3 is 0 Å². The Morgan fingerprint density at radius 2 is 2.00 bits per heavy atom. The summed E-state index contributed by atoms with van der Waals surface area (Å²) in [5.74, 6) is 2.01. The maximum atomic E-state index is 5.06. The number of halogens is 1. The lowest BCUT2D eigenvalue weighted by atomic mass is 10.4. The van der Waals surface area contributed by atoms with Crippen LogP contribution in [-0.4, -0.2) is 34.7 Å². The number of nitrogens with zero attached hydrogens (tertiary/aromatic N) is 4. The van der Waals surface area contributed by atoms with Gasteiger partial charge in [-0.2, -0.15) is 4.98 Å². The van der Waals surface area contributed by atoms with Gasteiger partial charge in [0.15, 0.2) is 11.8 Å². The van der Waals surface area contributed by atoms with Crippen molar-refractivity contribution in [3.05, 3.63) is 27.3 Å². The first-order chi connectivity index (χ1) is 10.1. The van der Waals surface area contributed by atoms with Gasteiger partial charge in [0.1, 0.15) is 5.01 Å². The molecule has 122 valence electrons. The van der Waals surface area contributed by atoms with Gasteiger partial charge in [-0.1, -0.05) is 5.16 Å². The zero-order valence-corrected chi connectivity index (χ0v) is 16.3. The Hall–Kier alpha value is -1.23. The molecule has 0 aliphatic rings. The fourth-order valence-electron chi connectivity index (χ4n) is 1.72. The van der Waals surface area contributed by atoms with Crippen LogP contribution >= 0.6 is 35.3 Å². The van der Waals surface area contributed by atoms with Gasteiger partial charge < -0.3 is 15.2 Å². The van der Waals surface area contributed by atoms with E-state index in [-0.39, 0.29) is 24.0 Å². The van der Waals surface area contributed by atoms with Gasteiger partial charge in [0.05, 0.1) is 12.2 Å². The molecule has 2 rings (SSSR count). The van der Waals surface area contributed by atoms with Crippen molar-refractivity contribution < 1.29 is 4.52 Å². The molecule has 0 aliphatic carbocycles. The quantitative estimate of drug-likeness (QED) is 0.424. The predicted molar refractivity (Wildman–Crippen MR) is 97.9 cm³/mol. The van der Waals surface area contributed by atoms with E-state index in [9.17, 15) is 0 Å². The van der Waals surface area contributed by atoms with Gasteiger partial charge in [-0.3, -0.25) is 4.99 Å². The summed E-state index contributed by atoms with van der Waals surface area (Å²) in [5.41, 5.74) is 1.09. The first-order valence-corrected chi connectivity index (χ1v) is 7.56. The molecule has 0 radical (unpaired) electrons. The Labute approximate surface area is 151 Å². The summed E-state index contributed by atoms with van der Waals surface area (Å²) in [6.45, 7) is 7.25. The minimum Gasteiger partial charge on any atom is -0.356 e. The number of aryl methyl sites for hydroxylation is 3. The zero-order chi connectivity index (χ0) is 15.2. The van der Waals surface area contributed by atoms with Gasteiger partial charge in [-0.15, -0.1) is 35.3 Å². The molecule has 22 heavy (non-hydrogen) atoms. The Morgan fingerprint density at radius 1 is 1.23 bits per heavy atom. The molecule has 0 bridgehead atoms. The van der Waals surface area contributed by atoms with E-state index in [1.54, 1.807) is 25.3 Å². The van der Waals surface area contributed by atoms with Crippen molar-refractivity contribution >= 4 is 41.3 Å². The third kappa shape index (κ3) is 5.52. The molecule has 2 N–H and O–H groups in total. The van der Waals surface area contributed by atoms with Crippen LogP contribution in [-0.2, 0) is 13.0 Å². The van der Waals surface area contributed by atoms with Crippen molar-refractivity contribution in [1.29, 1.82) is 0 Å². The third-order valence-electron chi connectivity index (χ3n) is 2.90. The molecule has 2 aromatic heterocycles. The lowest BCUT2D eigenvalue weighted by Crippen LogP contribution is -2.37. The molecule has 2 aromatic rings. The van der Waals surface area contributed by atoms with Crippen LogP contribution in [0.25, 0.3) is 0 Å². The van der Waals surface area contributed by atoms with Crippen molar-refractivity contribution in [2.45, 2.75) is 33.7 Å². The summed E-state index contributed by atoms with van der Waals surface area (Å²) >= 11 is 1.70. The Bertz CT molecular complexity index is 604. The average Bonchev–Trinajstić information content (AvgIpc) is 3.00. The van der Waals surface area contributed by atoms with Crippen LogP contribution in [0, 0.1) is 20.8 Å². The number of aromatic nitrogens is 3. The Morgan fingerprint density at radius 3 is 2.55 bits per heavy atom. The molecule has 2 heterocycles. The molecule has 0 unspecified atom stereocenters. The minimum absolute atomic E-state index is 0. The maximum absolute atomic E-state index is 5.06. The summed E-state index contributed by atoms with van der Waals surface area (Å²) in [4.78, 5) is 14.1. The fraction of sp³-hybridized carbons (Fsp3) is 0.538. The Kier molecular flexibility index (Phi) is 7.73. The van der Waals surface area contributed by atoms with E-state index in [1.165, 1.54) is 4.88 Å². The SMILES string of the molecule is CN=C(NCCc1nc(C)no1)NCc1nc(C)c(C)s1.I. The van der Waals surface area contributed by atoms with Crippen molar-refractivity contribution in [3.63, 3.8) is 0 Å². The summed E-state index contributed by atoms with van der Waals surface area (Å²) in [7, 11) is 1.74. The number of hydrogen-bond donors (Lipinski definition) is 2. The van der Waals surface area contributed by atoms with Gasteiger partial charge in [0.2, 0.25) is 5.89 Å². The topological polar surface area (TPSA) is 88.2 Å². The normalized spacial score (nSPS) is 11.2. The minimum atomic E-state index is 0. The first-order valence-electron chi connectivity index (χ1n) is 6.75. The van der Waals surface area contributed by atoms with E-state index in [2.05, 4.69) is 37.7 Å². The maximum Gasteiger partial charge on any atom is 0.228 e. The van der Waals surface area contributed by atoms with E-state index in [0.717, 1.165) is 16.7 Å². The molecule has 0 saturated carbocycles. The molecular weight excluding hydrogens is 415 g/mol. The third-order valence-corrected chi connectivity index (χ3v) is 3.98. The highest BCUT2D eigenvalue weighted by atomic mass is 127. The van der Waals surface area contributed by atoms with E-state index in [1.807, 2.05) is 6.92 Å². The first kappa shape index (κ1) is 18.8. The largest absolute Gasteiger partial charge is 0.356 e. The highest BCUT2D eigenvalue weighted by molar-refractivity contribution is 14.0. The average molecular weight is 436 g/mol.